The van der Waals surface area contributed by atoms with E-state index in [0.29, 0.717) is 27.7 Å². The van der Waals surface area contributed by atoms with Crippen molar-refractivity contribution < 1.29 is 19.4 Å². The van der Waals surface area contributed by atoms with E-state index in [1.54, 1.807) is 25.1 Å². The Bertz CT molecular complexity index is 835. The van der Waals surface area contributed by atoms with E-state index in [0.717, 1.165) is 0 Å². The third-order valence-electron chi connectivity index (χ3n) is 3.33. The lowest BCUT2D eigenvalue weighted by molar-refractivity contribution is -0.115. The van der Waals surface area contributed by atoms with E-state index >= 15 is 0 Å². The Morgan fingerprint density at radius 1 is 1.19 bits per heavy atom. The standard InChI is InChI=1S/C18H18ClN3O4/c1-11(21-22-18(25)12-3-6-14(23)7-4-12)9-17(24)20-13-5-8-16(26-2)15(19)10-13/h3-8,10,23H,9H2,1-2H3,(H,20,24)(H,22,25). The second kappa shape index (κ2) is 8.87. The summed E-state index contributed by atoms with van der Waals surface area (Å²) >= 11 is 6.01. The maximum atomic E-state index is 12.0. The van der Waals surface area contributed by atoms with E-state index in [9.17, 15) is 14.7 Å². The molecule has 136 valence electrons. The zero-order chi connectivity index (χ0) is 19.1. The molecule has 0 atom stereocenters. The first-order valence-electron chi connectivity index (χ1n) is 7.65. The molecule has 0 aliphatic rings. The minimum Gasteiger partial charge on any atom is -0.508 e. The van der Waals surface area contributed by atoms with E-state index in [2.05, 4.69) is 15.8 Å². The Morgan fingerprint density at radius 3 is 2.50 bits per heavy atom. The third kappa shape index (κ3) is 5.49. The predicted octanol–water partition coefficient (Wildman–Crippen LogP) is 3.19. The normalized spacial score (nSPS) is 11.0. The smallest absolute Gasteiger partial charge is 0.271 e. The molecular formula is C18H18ClN3O4. The number of rotatable bonds is 6. The zero-order valence-electron chi connectivity index (χ0n) is 14.2. The number of benzene rings is 2. The number of aromatic hydroxyl groups is 1. The fourth-order valence-electron chi connectivity index (χ4n) is 2.04. The van der Waals surface area contributed by atoms with Crippen molar-refractivity contribution in [3.63, 3.8) is 0 Å². The van der Waals surface area contributed by atoms with Crippen molar-refractivity contribution in [1.82, 2.24) is 5.43 Å². The fourth-order valence-corrected chi connectivity index (χ4v) is 2.30. The first-order valence-corrected chi connectivity index (χ1v) is 8.02. The number of nitrogens with one attached hydrogen (secondary N) is 2. The number of phenolic OH excluding ortho intramolecular Hbond substituents is 1. The number of methoxy groups -OCH3 is 1. The second-order valence-corrected chi connectivity index (χ2v) is 5.82. The molecule has 2 aromatic carbocycles. The summed E-state index contributed by atoms with van der Waals surface area (Å²) in [5, 5.41) is 16.2. The molecule has 3 N–H and O–H groups in total. The van der Waals surface area contributed by atoms with Crippen LogP contribution >= 0.6 is 11.6 Å². The molecule has 0 radical (unpaired) electrons. The summed E-state index contributed by atoms with van der Waals surface area (Å²) in [5.41, 5.74) is 3.66. The first-order chi connectivity index (χ1) is 12.4. The van der Waals surface area contributed by atoms with Crippen LogP contribution in [-0.4, -0.2) is 29.7 Å². The summed E-state index contributed by atoms with van der Waals surface area (Å²) < 4.78 is 5.05. The van der Waals surface area contributed by atoms with Gasteiger partial charge in [-0.2, -0.15) is 5.10 Å². The number of hydrogen-bond donors (Lipinski definition) is 3. The molecule has 2 rings (SSSR count). The van der Waals surface area contributed by atoms with Gasteiger partial charge >= 0.3 is 0 Å². The molecular weight excluding hydrogens is 358 g/mol. The highest BCUT2D eigenvalue weighted by molar-refractivity contribution is 6.32. The van der Waals surface area contributed by atoms with Crippen molar-refractivity contribution in [2.45, 2.75) is 13.3 Å². The molecule has 26 heavy (non-hydrogen) atoms. The van der Waals surface area contributed by atoms with Crippen LogP contribution in [0.4, 0.5) is 5.69 Å². The van der Waals surface area contributed by atoms with Crippen molar-refractivity contribution in [2.75, 3.05) is 12.4 Å². The molecule has 7 nitrogen and oxygen atoms in total. The van der Waals surface area contributed by atoms with Gasteiger partial charge in [0, 0.05) is 17.0 Å². The Hall–Kier alpha value is -3.06. The number of halogens is 1. The fraction of sp³-hybridized carbons (Fsp3) is 0.167. The lowest BCUT2D eigenvalue weighted by atomic mass is 10.2. The van der Waals surface area contributed by atoms with E-state index in [-0.39, 0.29) is 18.1 Å². The minimum absolute atomic E-state index is 0.000490. The van der Waals surface area contributed by atoms with Crippen molar-refractivity contribution in [3.8, 4) is 11.5 Å². The summed E-state index contributed by atoms with van der Waals surface area (Å²) in [7, 11) is 1.51. The monoisotopic (exact) mass is 375 g/mol. The average Bonchev–Trinajstić information content (AvgIpc) is 2.60. The van der Waals surface area contributed by atoms with Crippen molar-refractivity contribution in [2.24, 2.45) is 5.10 Å². The van der Waals surface area contributed by atoms with E-state index in [1.165, 1.54) is 31.4 Å². The third-order valence-corrected chi connectivity index (χ3v) is 3.63. The van der Waals surface area contributed by atoms with Crippen LogP contribution in [0, 0.1) is 0 Å². The van der Waals surface area contributed by atoms with E-state index in [1.807, 2.05) is 0 Å². The van der Waals surface area contributed by atoms with Crippen LogP contribution in [0.3, 0.4) is 0 Å². The van der Waals surface area contributed by atoms with Gasteiger partial charge in [0.1, 0.15) is 11.5 Å². The molecule has 8 heteroatoms. The van der Waals surface area contributed by atoms with Gasteiger partial charge in [-0.1, -0.05) is 11.6 Å². The molecule has 2 amide bonds. The topological polar surface area (TPSA) is 100 Å². The number of phenols is 1. The summed E-state index contributed by atoms with van der Waals surface area (Å²) in [6.45, 7) is 1.62. The Labute approximate surface area is 155 Å². The molecule has 0 saturated carbocycles. The number of hydrazone groups is 1. The number of anilines is 1. The van der Waals surface area contributed by atoms with Gasteiger partial charge in [-0.3, -0.25) is 9.59 Å². The lowest BCUT2D eigenvalue weighted by Gasteiger charge is -2.08. The van der Waals surface area contributed by atoms with Gasteiger partial charge in [-0.25, -0.2) is 5.43 Å². The largest absolute Gasteiger partial charge is 0.508 e. The molecule has 0 heterocycles. The van der Waals surface area contributed by atoms with Gasteiger partial charge in [0.25, 0.3) is 5.91 Å². The van der Waals surface area contributed by atoms with E-state index in [4.69, 9.17) is 16.3 Å². The number of carbonyl (C=O) groups is 2. The molecule has 0 aliphatic carbocycles. The number of ether oxygens (including phenoxy) is 1. The minimum atomic E-state index is -0.438. The number of nitrogens with zero attached hydrogens (tertiary/aromatic N) is 1. The zero-order valence-corrected chi connectivity index (χ0v) is 15.0. The summed E-state index contributed by atoms with van der Waals surface area (Å²) in [4.78, 5) is 23.9. The van der Waals surface area contributed by atoms with Crippen LogP contribution in [0.15, 0.2) is 47.6 Å². The van der Waals surface area contributed by atoms with Crippen molar-refractivity contribution >= 4 is 34.8 Å². The highest BCUT2D eigenvalue weighted by atomic mass is 35.5. The van der Waals surface area contributed by atoms with Crippen LogP contribution in [0.1, 0.15) is 23.7 Å². The number of amides is 2. The molecule has 0 unspecified atom stereocenters. The molecule has 0 spiro atoms. The van der Waals surface area contributed by atoms with Crippen LogP contribution in [0.25, 0.3) is 0 Å². The summed E-state index contributed by atoms with van der Waals surface area (Å²) in [5.74, 6) is -0.158. The van der Waals surface area contributed by atoms with Gasteiger partial charge in [-0.05, 0) is 49.4 Å². The van der Waals surface area contributed by atoms with Gasteiger partial charge in [0.05, 0.1) is 18.6 Å². The van der Waals surface area contributed by atoms with Gasteiger partial charge in [0.2, 0.25) is 5.91 Å². The molecule has 2 aromatic rings. The second-order valence-electron chi connectivity index (χ2n) is 5.41. The Morgan fingerprint density at radius 2 is 1.88 bits per heavy atom. The quantitative estimate of drug-likeness (QED) is 0.533. The maximum absolute atomic E-state index is 12.0. The molecule has 0 aromatic heterocycles. The van der Waals surface area contributed by atoms with Crippen LogP contribution in [-0.2, 0) is 4.79 Å². The Balaban J connectivity index is 1.89. The molecule has 0 aliphatic heterocycles. The molecule has 0 bridgehead atoms. The summed E-state index contributed by atoms with van der Waals surface area (Å²) in [6, 6.07) is 10.6. The number of hydrogen-bond acceptors (Lipinski definition) is 5. The SMILES string of the molecule is COc1ccc(NC(=O)CC(C)=NNC(=O)c2ccc(O)cc2)cc1Cl. The van der Waals surface area contributed by atoms with Gasteiger partial charge < -0.3 is 15.2 Å². The van der Waals surface area contributed by atoms with Crippen molar-refractivity contribution in [3.05, 3.63) is 53.1 Å². The van der Waals surface area contributed by atoms with Gasteiger partial charge in [0.15, 0.2) is 0 Å². The molecule has 0 saturated heterocycles. The highest BCUT2D eigenvalue weighted by Gasteiger charge is 2.08. The maximum Gasteiger partial charge on any atom is 0.271 e. The lowest BCUT2D eigenvalue weighted by Crippen LogP contribution is -2.21. The molecule has 0 fully saturated rings. The van der Waals surface area contributed by atoms with Crippen LogP contribution in [0.2, 0.25) is 5.02 Å². The summed E-state index contributed by atoms with van der Waals surface area (Å²) in [6.07, 6.45) is -0.000490. The Kier molecular flexibility index (Phi) is 6.57. The van der Waals surface area contributed by atoms with E-state index < -0.39 is 5.91 Å². The average molecular weight is 376 g/mol. The highest BCUT2D eigenvalue weighted by Crippen LogP contribution is 2.27. The first kappa shape index (κ1) is 19.3. The predicted molar refractivity (Wildman–Crippen MR) is 99.9 cm³/mol. The number of carbonyl (C=O) groups excluding carboxylic acids is 2. The van der Waals surface area contributed by atoms with Gasteiger partial charge in [-0.15, -0.1) is 0 Å². The van der Waals surface area contributed by atoms with Crippen molar-refractivity contribution in [1.29, 1.82) is 0 Å². The van der Waals surface area contributed by atoms with Crippen LogP contribution < -0.4 is 15.5 Å². The van der Waals surface area contributed by atoms with Crippen LogP contribution in [0.5, 0.6) is 11.5 Å².